The third kappa shape index (κ3) is 3.26. The van der Waals surface area contributed by atoms with Crippen LogP contribution in [0.3, 0.4) is 0 Å². The number of rotatable bonds is 4. The molecule has 0 heterocycles. The maximum atomic E-state index is 10.2. The molecule has 0 atom stereocenters. The third-order valence-corrected chi connectivity index (χ3v) is 5.26. The summed E-state index contributed by atoms with van der Waals surface area (Å²) in [7, 11) is 3.05. The molecule has 0 radical (unpaired) electrons. The molecule has 112 valence electrons. The molecule has 0 bridgehead atoms. The predicted octanol–water partition coefficient (Wildman–Crippen LogP) is 1.39. The van der Waals surface area contributed by atoms with Crippen molar-refractivity contribution < 1.29 is 19.7 Å². The van der Waals surface area contributed by atoms with Crippen molar-refractivity contribution in [3.05, 3.63) is 35.4 Å². The van der Waals surface area contributed by atoms with E-state index in [4.69, 9.17) is 9.47 Å². The Kier molecular flexibility index (Phi) is 4.66. The fourth-order valence-electron chi connectivity index (χ4n) is 2.01. The topological polar surface area (TPSA) is 58.9 Å². The van der Waals surface area contributed by atoms with Crippen LogP contribution in [0.15, 0.2) is 24.3 Å². The maximum absolute atomic E-state index is 10.2. The second-order valence-corrected chi connectivity index (χ2v) is 7.00. The molecule has 0 saturated heterocycles. The first kappa shape index (κ1) is 15.5. The van der Waals surface area contributed by atoms with Crippen molar-refractivity contribution in [2.45, 2.75) is 13.8 Å². The Bertz CT molecular complexity index is 610. The van der Waals surface area contributed by atoms with Gasteiger partial charge in [-0.3, -0.25) is 0 Å². The number of hydrogen-bond donors (Lipinski definition) is 2. The first-order valence-corrected chi connectivity index (χ1v) is 8.10. The summed E-state index contributed by atoms with van der Waals surface area (Å²) < 4.78 is 11.9. The van der Waals surface area contributed by atoms with Crippen LogP contribution in [-0.2, 0) is 0 Å². The molecule has 2 aromatic carbocycles. The quantitative estimate of drug-likeness (QED) is 0.816. The Hall–Kier alpha value is -1.84. The van der Waals surface area contributed by atoms with Gasteiger partial charge in [0, 0.05) is 0 Å². The molecule has 0 amide bonds. The SMILES string of the molecule is COc1cc(C)cc([Se]c2cc(C)cc(OC)c2O)c1O. The summed E-state index contributed by atoms with van der Waals surface area (Å²) in [5.74, 6) is 1.16. The molecule has 0 fully saturated rings. The Labute approximate surface area is 130 Å². The van der Waals surface area contributed by atoms with E-state index in [2.05, 4.69) is 0 Å². The van der Waals surface area contributed by atoms with Crippen LogP contribution in [0.5, 0.6) is 23.0 Å². The van der Waals surface area contributed by atoms with E-state index >= 15 is 0 Å². The zero-order chi connectivity index (χ0) is 15.6. The van der Waals surface area contributed by atoms with Gasteiger partial charge in [0.1, 0.15) is 0 Å². The van der Waals surface area contributed by atoms with Gasteiger partial charge in [0.15, 0.2) is 0 Å². The number of phenols is 2. The summed E-state index contributed by atoms with van der Waals surface area (Å²) in [4.78, 5) is 0. The standard InChI is InChI=1S/C16H18O4Se/c1-9-5-11(19-3)15(17)13(7-9)21-14-8-10(2)6-12(20-4)16(14)18/h5-8,17-18H,1-4H3. The summed E-state index contributed by atoms with van der Waals surface area (Å²) >= 11 is -0.257. The molecular formula is C16H18O4Se. The van der Waals surface area contributed by atoms with Crippen LogP contribution < -0.4 is 18.4 Å². The summed E-state index contributed by atoms with van der Waals surface area (Å²) in [6, 6.07) is 7.38. The fourth-order valence-corrected chi connectivity index (χ4v) is 4.36. The van der Waals surface area contributed by atoms with E-state index < -0.39 is 0 Å². The van der Waals surface area contributed by atoms with E-state index in [1.165, 1.54) is 14.2 Å². The van der Waals surface area contributed by atoms with E-state index in [0.29, 0.717) is 11.5 Å². The van der Waals surface area contributed by atoms with Crippen molar-refractivity contribution in [2.75, 3.05) is 14.2 Å². The van der Waals surface area contributed by atoms with Gasteiger partial charge in [-0.05, 0) is 0 Å². The van der Waals surface area contributed by atoms with Gasteiger partial charge in [-0.2, -0.15) is 0 Å². The van der Waals surface area contributed by atoms with Gasteiger partial charge < -0.3 is 0 Å². The van der Waals surface area contributed by atoms with Crippen LogP contribution in [0, 0.1) is 13.8 Å². The molecule has 0 aliphatic rings. The minimum absolute atomic E-state index is 0.128. The summed E-state index contributed by atoms with van der Waals surface area (Å²) in [5, 5.41) is 20.5. The molecule has 0 saturated carbocycles. The van der Waals surface area contributed by atoms with Crippen molar-refractivity contribution in [3.8, 4) is 23.0 Å². The Morgan fingerprint density at radius 2 is 1.14 bits per heavy atom. The van der Waals surface area contributed by atoms with Crippen molar-refractivity contribution in [1.82, 2.24) is 0 Å². The first-order valence-electron chi connectivity index (χ1n) is 6.39. The molecule has 21 heavy (non-hydrogen) atoms. The Balaban J connectivity index is 2.48. The van der Waals surface area contributed by atoms with Crippen molar-refractivity contribution in [3.63, 3.8) is 0 Å². The molecule has 2 rings (SSSR count). The zero-order valence-corrected chi connectivity index (χ0v) is 14.1. The molecule has 0 spiro atoms. The van der Waals surface area contributed by atoms with Crippen LogP contribution >= 0.6 is 0 Å². The molecule has 0 aromatic heterocycles. The number of ether oxygens (including phenoxy) is 2. The van der Waals surface area contributed by atoms with Gasteiger partial charge in [-0.15, -0.1) is 0 Å². The molecule has 5 heteroatoms. The summed E-state index contributed by atoms with van der Waals surface area (Å²) in [6.07, 6.45) is 0. The van der Waals surface area contributed by atoms with Crippen LogP contribution in [0.1, 0.15) is 11.1 Å². The minimum atomic E-state index is -0.257. The van der Waals surface area contributed by atoms with Gasteiger partial charge in [-0.1, -0.05) is 0 Å². The number of aromatic hydroxyl groups is 2. The molecular weight excluding hydrogens is 335 g/mol. The summed E-state index contributed by atoms with van der Waals surface area (Å²) in [6.45, 7) is 3.89. The van der Waals surface area contributed by atoms with Crippen LogP contribution in [0.4, 0.5) is 0 Å². The summed E-state index contributed by atoms with van der Waals surface area (Å²) in [5.41, 5.74) is 2.00. The average Bonchev–Trinajstić information content (AvgIpc) is 2.45. The van der Waals surface area contributed by atoms with E-state index in [0.717, 1.165) is 20.1 Å². The van der Waals surface area contributed by atoms with Gasteiger partial charge in [0.05, 0.1) is 0 Å². The predicted molar refractivity (Wildman–Crippen MR) is 83.8 cm³/mol. The Morgan fingerprint density at radius 3 is 1.48 bits per heavy atom. The van der Waals surface area contributed by atoms with Gasteiger partial charge in [0.25, 0.3) is 0 Å². The molecule has 2 N–H and O–H groups in total. The zero-order valence-electron chi connectivity index (χ0n) is 12.4. The van der Waals surface area contributed by atoms with Crippen molar-refractivity contribution in [1.29, 1.82) is 0 Å². The molecule has 0 unspecified atom stereocenters. The number of benzene rings is 2. The van der Waals surface area contributed by atoms with Gasteiger partial charge >= 0.3 is 130 Å². The normalized spacial score (nSPS) is 10.5. The van der Waals surface area contributed by atoms with E-state index in [1.54, 1.807) is 12.1 Å². The van der Waals surface area contributed by atoms with Crippen LogP contribution in [-0.4, -0.2) is 39.4 Å². The van der Waals surface area contributed by atoms with E-state index in [-0.39, 0.29) is 26.5 Å². The molecule has 2 aromatic rings. The van der Waals surface area contributed by atoms with Gasteiger partial charge in [0.2, 0.25) is 0 Å². The number of methoxy groups -OCH3 is 2. The Morgan fingerprint density at radius 1 is 0.762 bits per heavy atom. The second-order valence-electron chi connectivity index (χ2n) is 4.73. The van der Waals surface area contributed by atoms with Gasteiger partial charge in [-0.25, -0.2) is 0 Å². The molecule has 0 aliphatic heterocycles. The molecule has 4 nitrogen and oxygen atoms in total. The number of aryl methyl sites for hydroxylation is 2. The van der Waals surface area contributed by atoms with Crippen LogP contribution in [0.25, 0.3) is 0 Å². The van der Waals surface area contributed by atoms with Crippen molar-refractivity contribution in [2.24, 2.45) is 0 Å². The monoisotopic (exact) mass is 354 g/mol. The second kappa shape index (κ2) is 6.29. The molecule has 0 aliphatic carbocycles. The number of hydrogen-bond acceptors (Lipinski definition) is 4. The third-order valence-electron chi connectivity index (χ3n) is 3.03. The van der Waals surface area contributed by atoms with E-state index in [1.807, 2.05) is 26.0 Å². The van der Waals surface area contributed by atoms with E-state index in [9.17, 15) is 10.2 Å². The van der Waals surface area contributed by atoms with Crippen molar-refractivity contribution >= 4 is 23.9 Å². The number of phenolic OH excluding ortho intramolecular Hbond substituents is 2. The fraction of sp³-hybridized carbons (Fsp3) is 0.250. The average molecular weight is 353 g/mol. The first-order chi connectivity index (χ1) is 9.96. The van der Waals surface area contributed by atoms with Crippen LogP contribution in [0.2, 0.25) is 0 Å².